The van der Waals surface area contributed by atoms with E-state index < -0.39 is 0 Å². The van der Waals surface area contributed by atoms with Crippen molar-refractivity contribution in [3.63, 3.8) is 0 Å². The van der Waals surface area contributed by atoms with E-state index in [1.165, 1.54) is 6.54 Å². The molecule has 12 heavy (non-hydrogen) atoms. The van der Waals surface area contributed by atoms with Crippen LogP contribution in [0, 0.1) is 5.92 Å². The van der Waals surface area contributed by atoms with E-state index in [0.29, 0.717) is 5.92 Å². The lowest BCUT2D eigenvalue weighted by atomic mass is 10.0. The molecule has 1 heteroatoms. The number of quaternary nitrogens is 1. The molecule has 0 spiro atoms. The van der Waals surface area contributed by atoms with Crippen LogP contribution >= 0.6 is 0 Å². The molecule has 0 amide bonds. The van der Waals surface area contributed by atoms with E-state index in [9.17, 15) is 0 Å². The largest absolute Gasteiger partial charge is 0.331 e. The lowest BCUT2D eigenvalue weighted by molar-refractivity contribution is -0.873. The van der Waals surface area contributed by atoms with Crippen LogP contribution in [0.15, 0.2) is 25.3 Å². The average Bonchev–Trinajstić information content (AvgIpc) is 1.84. The number of rotatable bonds is 6. The number of hydrogen-bond donors (Lipinski definition) is 0. The van der Waals surface area contributed by atoms with Crippen molar-refractivity contribution in [2.24, 2.45) is 5.92 Å². The number of hydrogen-bond acceptors (Lipinski definition) is 0. The van der Waals surface area contributed by atoms with Crippen LogP contribution in [0.2, 0.25) is 0 Å². The Labute approximate surface area is 77.0 Å². The molecule has 0 aromatic rings. The van der Waals surface area contributed by atoms with Crippen molar-refractivity contribution < 1.29 is 4.48 Å². The van der Waals surface area contributed by atoms with Crippen molar-refractivity contribution in [1.82, 2.24) is 0 Å². The molecule has 0 aliphatic heterocycles. The molecule has 1 nitrogen and oxygen atoms in total. The predicted molar refractivity (Wildman–Crippen MR) is 56.0 cm³/mol. The Morgan fingerprint density at radius 2 is 1.50 bits per heavy atom. The highest BCUT2D eigenvalue weighted by molar-refractivity contribution is 4.79. The standard InChI is InChI=1S/C11H22N/c1-6-8-11(9-7-2)10-12(3,4)5/h6-7,11H,1-2,8-10H2,3-5H3/q+1. The normalized spacial score (nSPS) is 11.7. The van der Waals surface area contributed by atoms with Gasteiger partial charge in [-0.15, -0.1) is 13.2 Å². The Kier molecular flexibility index (Phi) is 4.91. The van der Waals surface area contributed by atoms with Crippen molar-refractivity contribution in [2.45, 2.75) is 12.8 Å². The Morgan fingerprint density at radius 1 is 1.08 bits per heavy atom. The second-order valence-electron chi connectivity index (χ2n) is 4.39. The highest BCUT2D eigenvalue weighted by atomic mass is 15.3. The molecule has 0 N–H and O–H groups in total. The zero-order valence-electron chi connectivity index (χ0n) is 8.71. The molecule has 0 bridgehead atoms. The molecule has 0 aromatic heterocycles. The van der Waals surface area contributed by atoms with Crippen molar-refractivity contribution in [1.29, 1.82) is 0 Å². The first-order valence-corrected chi connectivity index (χ1v) is 4.52. The van der Waals surface area contributed by atoms with E-state index in [-0.39, 0.29) is 0 Å². The van der Waals surface area contributed by atoms with Gasteiger partial charge < -0.3 is 4.48 Å². The Bertz CT molecular complexity index is 132. The van der Waals surface area contributed by atoms with Gasteiger partial charge in [0.05, 0.1) is 27.7 Å². The van der Waals surface area contributed by atoms with E-state index in [4.69, 9.17) is 0 Å². The van der Waals surface area contributed by atoms with Gasteiger partial charge in [0.15, 0.2) is 0 Å². The van der Waals surface area contributed by atoms with E-state index >= 15 is 0 Å². The topological polar surface area (TPSA) is 0 Å². The second kappa shape index (κ2) is 5.15. The Morgan fingerprint density at radius 3 is 1.75 bits per heavy atom. The number of nitrogens with zero attached hydrogens (tertiary/aromatic N) is 1. The summed E-state index contributed by atoms with van der Waals surface area (Å²) in [6, 6.07) is 0. The second-order valence-corrected chi connectivity index (χ2v) is 4.39. The minimum absolute atomic E-state index is 0.708. The van der Waals surface area contributed by atoms with Crippen LogP contribution in [-0.4, -0.2) is 32.2 Å². The summed E-state index contributed by atoms with van der Waals surface area (Å²) >= 11 is 0. The number of allylic oxidation sites excluding steroid dienone is 2. The third kappa shape index (κ3) is 6.17. The molecule has 70 valence electrons. The fourth-order valence-corrected chi connectivity index (χ4v) is 1.49. The molecule has 0 aliphatic carbocycles. The van der Waals surface area contributed by atoms with E-state index in [0.717, 1.165) is 17.3 Å². The summed E-state index contributed by atoms with van der Waals surface area (Å²) in [6.07, 6.45) is 6.21. The van der Waals surface area contributed by atoms with Gasteiger partial charge >= 0.3 is 0 Å². The van der Waals surface area contributed by atoms with Crippen molar-refractivity contribution in [3.8, 4) is 0 Å². The Hall–Kier alpha value is -0.560. The summed E-state index contributed by atoms with van der Waals surface area (Å²) < 4.78 is 1.02. The van der Waals surface area contributed by atoms with E-state index in [1.807, 2.05) is 12.2 Å². The first-order chi connectivity index (χ1) is 5.49. The maximum absolute atomic E-state index is 3.77. The lowest BCUT2D eigenvalue weighted by Crippen LogP contribution is -2.39. The molecule has 0 rings (SSSR count). The molecule has 0 aromatic carbocycles. The third-order valence-electron chi connectivity index (χ3n) is 1.81. The Balaban J connectivity index is 3.93. The summed E-state index contributed by atoms with van der Waals surface area (Å²) in [5.41, 5.74) is 0. The molecule has 0 saturated heterocycles. The quantitative estimate of drug-likeness (QED) is 0.422. The summed E-state index contributed by atoms with van der Waals surface area (Å²) in [7, 11) is 6.66. The maximum Gasteiger partial charge on any atom is 0.0815 e. The van der Waals surface area contributed by atoms with Crippen molar-refractivity contribution in [2.75, 3.05) is 27.7 Å². The zero-order valence-corrected chi connectivity index (χ0v) is 8.71. The van der Waals surface area contributed by atoms with Crippen LogP contribution in [0.4, 0.5) is 0 Å². The van der Waals surface area contributed by atoms with Crippen LogP contribution in [0.1, 0.15) is 12.8 Å². The fraction of sp³-hybridized carbons (Fsp3) is 0.636. The molecule has 0 radical (unpaired) electrons. The smallest absolute Gasteiger partial charge is 0.0815 e. The third-order valence-corrected chi connectivity index (χ3v) is 1.81. The van der Waals surface area contributed by atoms with Gasteiger partial charge in [0.1, 0.15) is 0 Å². The van der Waals surface area contributed by atoms with E-state index in [1.54, 1.807) is 0 Å². The van der Waals surface area contributed by atoms with Gasteiger partial charge in [0.25, 0.3) is 0 Å². The highest BCUT2D eigenvalue weighted by Crippen LogP contribution is 2.13. The lowest BCUT2D eigenvalue weighted by Gasteiger charge is -2.28. The predicted octanol–water partition coefficient (Wildman–Crippen LogP) is 2.46. The summed E-state index contributed by atoms with van der Waals surface area (Å²) in [5, 5.41) is 0. The van der Waals surface area contributed by atoms with Gasteiger partial charge in [-0.25, -0.2) is 0 Å². The molecule has 0 unspecified atom stereocenters. The van der Waals surface area contributed by atoms with Crippen LogP contribution < -0.4 is 0 Å². The van der Waals surface area contributed by atoms with Crippen LogP contribution in [-0.2, 0) is 0 Å². The first kappa shape index (κ1) is 11.4. The summed E-state index contributed by atoms with van der Waals surface area (Å²) in [4.78, 5) is 0. The van der Waals surface area contributed by atoms with Crippen molar-refractivity contribution in [3.05, 3.63) is 25.3 Å². The molecular formula is C11H22N+. The van der Waals surface area contributed by atoms with Crippen LogP contribution in [0.25, 0.3) is 0 Å². The van der Waals surface area contributed by atoms with Gasteiger partial charge in [0, 0.05) is 5.92 Å². The average molecular weight is 168 g/mol. The molecule has 0 aliphatic rings. The molecule has 0 fully saturated rings. The molecule has 0 saturated carbocycles. The summed E-state index contributed by atoms with van der Waals surface area (Å²) in [5.74, 6) is 0.708. The fourth-order valence-electron chi connectivity index (χ4n) is 1.49. The van der Waals surface area contributed by atoms with Crippen molar-refractivity contribution >= 4 is 0 Å². The monoisotopic (exact) mass is 168 g/mol. The minimum Gasteiger partial charge on any atom is -0.331 e. The van der Waals surface area contributed by atoms with Gasteiger partial charge in [0.2, 0.25) is 0 Å². The van der Waals surface area contributed by atoms with Gasteiger partial charge in [-0.2, -0.15) is 0 Å². The SMILES string of the molecule is C=CCC(CC=C)C[N+](C)(C)C. The molecule has 0 heterocycles. The van der Waals surface area contributed by atoms with Crippen LogP contribution in [0.5, 0.6) is 0 Å². The van der Waals surface area contributed by atoms with Gasteiger partial charge in [-0.05, 0) is 12.8 Å². The van der Waals surface area contributed by atoms with E-state index in [2.05, 4.69) is 34.3 Å². The summed E-state index contributed by atoms with van der Waals surface area (Å²) in [6.45, 7) is 8.74. The zero-order chi connectivity index (χ0) is 9.61. The maximum atomic E-state index is 3.77. The highest BCUT2D eigenvalue weighted by Gasteiger charge is 2.15. The molecule has 0 atom stereocenters. The van der Waals surface area contributed by atoms with Gasteiger partial charge in [-0.3, -0.25) is 0 Å². The first-order valence-electron chi connectivity index (χ1n) is 4.52. The molecular weight excluding hydrogens is 146 g/mol. The van der Waals surface area contributed by atoms with Gasteiger partial charge in [-0.1, -0.05) is 12.2 Å². The van der Waals surface area contributed by atoms with Crippen LogP contribution in [0.3, 0.4) is 0 Å². The minimum atomic E-state index is 0.708.